The van der Waals surface area contributed by atoms with Crippen molar-refractivity contribution in [3.8, 4) is 28.1 Å². The zero-order valence-corrected chi connectivity index (χ0v) is 19.2. The monoisotopic (exact) mass is 454 g/mol. The molecule has 0 aliphatic heterocycles. The number of hydrogen-bond donors (Lipinski definition) is 0. The first-order valence-electron chi connectivity index (χ1n) is 11.6. The molecule has 0 saturated carbocycles. The molecule has 0 amide bonds. The molecule has 6 rings (SSSR count). The SMILES string of the molecule is Cc1ccc2ccc[n+]([O-])c2c1-n1c(-c2ccccc2)c(-c2ccccc2)c2ccccc2c1=O. The number of hydrogen-bond acceptors (Lipinski definition) is 2. The van der Waals surface area contributed by atoms with Crippen LogP contribution in [0.15, 0.2) is 120 Å². The van der Waals surface area contributed by atoms with Crippen molar-refractivity contribution in [2.45, 2.75) is 6.92 Å². The van der Waals surface area contributed by atoms with Crippen molar-refractivity contribution in [1.29, 1.82) is 0 Å². The minimum Gasteiger partial charge on any atom is -0.618 e. The Kier molecular flexibility index (Phi) is 4.93. The van der Waals surface area contributed by atoms with Crippen LogP contribution in [-0.2, 0) is 0 Å². The highest BCUT2D eigenvalue weighted by atomic mass is 16.5. The molecule has 2 aromatic heterocycles. The van der Waals surface area contributed by atoms with E-state index >= 15 is 0 Å². The second kappa shape index (κ2) is 8.26. The fraction of sp³-hybridized carbons (Fsp3) is 0.0323. The maximum absolute atomic E-state index is 14.3. The lowest BCUT2D eigenvalue weighted by Crippen LogP contribution is -2.30. The lowest BCUT2D eigenvalue weighted by molar-refractivity contribution is -0.576. The van der Waals surface area contributed by atoms with Gasteiger partial charge in [0.05, 0.1) is 5.69 Å². The number of pyridine rings is 2. The maximum atomic E-state index is 14.3. The molecule has 0 unspecified atom stereocenters. The Balaban J connectivity index is 1.92. The first kappa shape index (κ1) is 20.9. The van der Waals surface area contributed by atoms with E-state index < -0.39 is 0 Å². The van der Waals surface area contributed by atoms with Gasteiger partial charge in [0.2, 0.25) is 5.52 Å². The predicted octanol–water partition coefficient (Wildman–Crippen LogP) is 6.42. The summed E-state index contributed by atoms with van der Waals surface area (Å²) in [5, 5.41) is 15.4. The summed E-state index contributed by atoms with van der Waals surface area (Å²) in [6.07, 6.45) is 1.48. The van der Waals surface area contributed by atoms with Gasteiger partial charge in [-0.3, -0.25) is 9.36 Å². The van der Waals surface area contributed by atoms with E-state index in [-0.39, 0.29) is 5.56 Å². The normalized spacial score (nSPS) is 11.2. The number of aryl methyl sites for hydroxylation is 1. The summed E-state index contributed by atoms with van der Waals surface area (Å²) in [4.78, 5) is 14.3. The third-order valence-corrected chi connectivity index (χ3v) is 6.53. The summed E-state index contributed by atoms with van der Waals surface area (Å²) in [6.45, 7) is 1.94. The van der Waals surface area contributed by atoms with Gasteiger partial charge in [-0.2, -0.15) is 4.73 Å². The van der Waals surface area contributed by atoms with Gasteiger partial charge in [0.25, 0.3) is 5.56 Å². The van der Waals surface area contributed by atoms with Crippen LogP contribution in [0.2, 0.25) is 0 Å². The van der Waals surface area contributed by atoms with Gasteiger partial charge in [-0.25, -0.2) is 0 Å². The topological polar surface area (TPSA) is 48.9 Å². The molecule has 4 aromatic carbocycles. The van der Waals surface area contributed by atoms with Crippen molar-refractivity contribution in [2.75, 3.05) is 0 Å². The predicted molar refractivity (Wildman–Crippen MR) is 142 cm³/mol. The number of fused-ring (bicyclic) bond motifs is 2. The number of aromatic nitrogens is 2. The van der Waals surface area contributed by atoms with Crippen molar-refractivity contribution in [3.05, 3.63) is 137 Å². The van der Waals surface area contributed by atoms with Gasteiger partial charge in [-0.05, 0) is 47.2 Å². The largest absolute Gasteiger partial charge is 0.618 e. The summed E-state index contributed by atoms with van der Waals surface area (Å²) in [5.74, 6) is 0. The van der Waals surface area contributed by atoms with E-state index in [0.717, 1.165) is 43.5 Å². The standard InChI is InChI=1S/C31H22N2O2/c1-21-18-19-24-15-10-20-32(35)30(24)28(21)33-29(23-13-6-3-7-14-23)27(22-11-4-2-5-12-22)25-16-8-9-17-26(25)31(33)34/h2-20H,1H3. The van der Waals surface area contributed by atoms with Crippen LogP contribution in [0.5, 0.6) is 0 Å². The number of benzene rings is 4. The van der Waals surface area contributed by atoms with E-state index in [9.17, 15) is 10.0 Å². The maximum Gasteiger partial charge on any atom is 0.263 e. The van der Waals surface area contributed by atoms with Gasteiger partial charge in [-0.1, -0.05) is 84.9 Å². The smallest absolute Gasteiger partial charge is 0.263 e. The molecule has 0 spiro atoms. The molecule has 0 radical (unpaired) electrons. The average molecular weight is 455 g/mol. The van der Waals surface area contributed by atoms with Crippen molar-refractivity contribution >= 4 is 21.7 Å². The zero-order valence-electron chi connectivity index (χ0n) is 19.2. The van der Waals surface area contributed by atoms with Gasteiger partial charge in [0.15, 0.2) is 6.20 Å². The van der Waals surface area contributed by atoms with Crippen molar-refractivity contribution in [1.82, 2.24) is 4.57 Å². The molecule has 0 N–H and O–H groups in total. The minimum absolute atomic E-state index is 0.154. The fourth-order valence-corrected chi connectivity index (χ4v) is 4.97. The molecule has 0 bridgehead atoms. The molecule has 0 fully saturated rings. The molecule has 6 aromatic rings. The van der Waals surface area contributed by atoms with E-state index in [1.54, 1.807) is 10.6 Å². The van der Waals surface area contributed by atoms with Crippen LogP contribution in [0.25, 0.3) is 49.7 Å². The second-order valence-corrected chi connectivity index (χ2v) is 8.64. The Labute approximate surface area is 202 Å². The van der Waals surface area contributed by atoms with Crippen LogP contribution in [-0.4, -0.2) is 4.57 Å². The molecular formula is C31H22N2O2. The van der Waals surface area contributed by atoms with Gasteiger partial charge in [0, 0.05) is 22.4 Å². The van der Waals surface area contributed by atoms with E-state index in [2.05, 4.69) is 12.1 Å². The molecule has 0 saturated heterocycles. The van der Waals surface area contributed by atoms with Crippen LogP contribution in [0, 0.1) is 12.1 Å². The molecule has 0 aliphatic rings. The third kappa shape index (κ3) is 3.30. The molecule has 4 nitrogen and oxygen atoms in total. The van der Waals surface area contributed by atoms with Gasteiger partial charge < -0.3 is 5.21 Å². The first-order valence-corrected chi connectivity index (χ1v) is 11.6. The quantitative estimate of drug-likeness (QED) is 0.229. The molecular weight excluding hydrogens is 432 g/mol. The third-order valence-electron chi connectivity index (χ3n) is 6.53. The highest BCUT2D eigenvalue weighted by molar-refractivity contribution is 6.03. The summed E-state index contributed by atoms with van der Waals surface area (Å²) in [6, 6.07) is 35.3. The van der Waals surface area contributed by atoms with Crippen molar-refractivity contribution in [2.24, 2.45) is 0 Å². The summed E-state index contributed by atoms with van der Waals surface area (Å²) >= 11 is 0. The molecule has 0 atom stereocenters. The van der Waals surface area contributed by atoms with Crippen LogP contribution in [0.3, 0.4) is 0 Å². The van der Waals surface area contributed by atoms with Crippen molar-refractivity contribution < 1.29 is 4.73 Å². The van der Waals surface area contributed by atoms with Crippen LogP contribution in [0.4, 0.5) is 0 Å². The highest BCUT2D eigenvalue weighted by Gasteiger charge is 2.25. The second-order valence-electron chi connectivity index (χ2n) is 8.64. The molecule has 0 aliphatic carbocycles. The minimum atomic E-state index is -0.154. The summed E-state index contributed by atoms with van der Waals surface area (Å²) in [5.41, 5.74) is 5.39. The number of rotatable bonds is 3. The Bertz CT molecular complexity index is 1770. The van der Waals surface area contributed by atoms with Crippen LogP contribution < -0.4 is 10.3 Å². The van der Waals surface area contributed by atoms with E-state index in [0.29, 0.717) is 16.6 Å². The van der Waals surface area contributed by atoms with E-state index in [1.165, 1.54) is 6.20 Å². The zero-order chi connectivity index (χ0) is 23.9. The average Bonchev–Trinajstić information content (AvgIpc) is 2.90. The van der Waals surface area contributed by atoms with E-state index in [4.69, 9.17) is 0 Å². The Morgan fingerprint density at radius 2 is 1.31 bits per heavy atom. The highest BCUT2D eigenvalue weighted by Crippen LogP contribution is 2.39. The van der Waals surface area contributed by atoms with Crippen LogP contribution >= 0.6 is 0 Å². The molecule has 2 heterocycles. The van der Waals surface area contributed by atoms with E-state index in [1.807, 2.05) is 97.9 Å². The van der Waals surface area contributed by atoms with Gasteiger partial charge >= 0.3 is 0 Å². The van der Waals surface area contributed by atoms with Crippen LogP contribution in [0.1, 0.15) is 5.56 Å². The molecule has 4 heteroatoms. The van der Waals surface area contributed by atoms with Gasteiger partial charge in [-0.15, -0.1) is 0 Å². The number of nitrogens with zero attached hydrogens (tertiary/aromatic N) is 2. The van der Waals surface area contributed by atoms with Gasteiger partial charge in [0.1, 0.15) is 5.69 Å². The summed E-state index contributed by atoms with van der Waals surface area (Å²) < 4.78 is 2.60. The molecule has 168 valence electrons. The van der Waals surface area contributed by atoms with Crippen molar-refractivity contribution in [3.63, 3.8) is 0 Å². The molecule has 35 heavy (non-hydrogen) atoms. The lowest BCUT2D eigenvalue weighted by atomic mass is 9.93. The lowest BCUT2D eigenvalue weighted by Gasteiger charge is -2.22. The Morgan fingerprint density at radius 3 is 2.03 bits per heavy atom. The summed E-state index contributed by atoms with van der Waals surface area (Å²) in [7, 11) is 0. The fourth-order valence-electron chi connectivity index (χ4n) is 4.97. The Morgan fingerprint density at radius 1 is 0.686 bits per heavy atom. The Hall–Kier alpha value is -4.70. The first-order chi connectivity index (χ1) is 17.1.